The van der Waals surface area contributed by atoms with E-state index in [1.54, 1.807) is 6.07 Å². The van der Waals surface area contributed by atoms with Gasteiger partial charge in [0.2, 0.25) is 0 Å². The predicted molar refractivity (Wildman–Crippen MR) is 79.1 cm³/mol. The molecule has 0 amide bonds. The van der Waals surface area contributed by atoms with Crippen LogP contribution < -0.4 is 11.3 Å². The standard InChI is InChI=1S/C15H15BrF2N2/c1-8-3-9(2)14(13(18)4-8)15(20-19)10-5-11(16)7-12(17)6-10/h3-7,15,20H,19H2,1-2H3. The summed E-state index contributed by atoms with van der Waals surface area (Å²) < 4.78 is 28.3. The van der Waals surface area contributed by atoms with Gasteiger partial charge in [0.15, 0.2) is 0 Å². The summed E-state index contributed by atoms with van der Waals surface area (Å²) in [5.41, 5.74) is 5.15. The summed E-state index contributed by atoms with van der Waals surface area (Å²) in [6, 6.07) is 7.11. The molecular formula is C15H15BrF2N2. The van der Waals surface area contributed by atoms with E-state index in [-0.39, 0.29) is 5.82 Å². The van der Waals surface area contributed by atoms with E-state index in [9.17, 15) is 8.78 Å². The number of hydrogen-bond acceptors (Lipinski definition) is 2. The topological polar surface area (TPSA) is 38.0 Å². The molecule has 0 heterocycles. The molecule has 106 valence electrons. The molecule has 0 spiro atoms. The summed E-state index contributed by atoms with van der Waals surface area (Å²) in [6.45, 7) is 3.63. The van der Waals surface area contributed by atoms with Gasteiger partial charge in [0.05, 0.1) is 6.04 Å². The molecule has 2 aromatic rings. The van der Waals surface area contributed by atoms with Crippen LogP contribution in [0.2, 0.25) is 0 Å². The number of hydrogen-bond donors (Lipinski definition) is 2. The molecule has 3 N–H and O–H groups in total. The van der Waals surface area contributed by atoms with Crippen molar-refractivity contribution in [2.45, 2.75) is 19.9 Å². The smallest absolute Gasteiger partial charge is 0.128 e. The molecule has 1 unspecified atom stereocenters. The van der Waals surface area contributed by atoms with E-state index in [0.29, 0.717) is 15.6 Å². The van der Waals surface area contributed by atoms with E-state index in [0.717, 1.165) is 11.1 Å². The molecule has 0 aromatic heterocycles. The van der Waals surface area contributed by atoms with Gasteiger partial charge in [-0.15, -0.1) is 0 Å². The maximum atomic E-state index is 14.2. The van der Waals surface area contributed by atoms with Gasteiger partial charge in [-0.2, -0.15) is 0 Å². The van der Waals surface area contributed by atoms with Gasteiger partial charge in [-0.1, -0.05) is 22.0 Å². The molecule has 1 atom stereocenters. The Bertz CT molecular complexity index is 601. The van der Waals surface area contributed by atoms with Crippen LogP contribution in [0.5, 0.6) is 0 Å². The maximum absolute atomic E-state index is 14.2. The van der Waals surface area contributed by atoms with E-state index in [4.69, 9.17) is 5.84 Å². The Morgan fingerprint density at radius 1 is 1.10 bits per heavy atom. The van der Waals surface area contributed by atoms with E-state index < -0.39 is 11.9 Å². The lowest BCUT2D eigenvalue weighted by Gasteiger charge is -2.20. The van der Waals surface area contributed by atoms with Crippen molar-refractivity contribution in [3.05, 3.63) is 68.7 Å². The Kier molecular flexibility index (Phi) is 4.52. The summed E-state index contributed by atoms with van der Waals surface area (Å²) in [7, 11) is 0. The molecule has 2 aromatic carbocycles. The fourth-order valence-electron chi connectivity index (χ4n) is 2.38. The van der Waals surface area contributed by atoms with Crippen molar-refractivity contribution in [2.75, 3.05) is 0 Å². The monoisotopic (exact) mass is 340 g/mol. The van der Waals surface area contributed by atoms with E-state index in [2.05, 4.69) is 21.4 Å². The number of benzene rings is 2. The molecular weight excluding hydrogens is 326 g/mol. The van der Waals surface area contributed by atoms with Crippen molar-refractivity contribution in [2.24, 2.45) is 5.84 Å². The van der Waals surface area contributed by atoms with Crippen LogP contribution in [0.3, 0.4) is 0 Å². The molecule has 2 nitrogen and oxygen atoms in total. The zero-order chi connectivity index (χ0) is 14.9. The molecule has 20 heavy (non-hydrogen) atoms. The van der Waals surface area contributed by atoms with Crippen LogP contribution in [-0.4, -0.2) is 0 Å². The lowest BCUT2D eigenvalue weighted by atomic mass is 9.93. The van der Waals surface area contributed by atoms with Gasteiger partial charge < -0.3 is 0 Å². The third-order valence-electron chi connectivity index (χ3n) is 3.15. The number of rotatable bonds is 3. The molecule has 0 saturated carbocycles. The Morgan fingerprint density at radius 2 is 1.80 bits per heavy atom. The van der Waals surface area contributed by atoms with Crippen LogP contribution in [0.4, 0.5) is 8.78 Å². The Labute approximate surface area is 125 Å². The highest BCUT2D eigenvalue weighted by molar-refractivity contribution is 9.10. The van der Waals surface area contributed by atoms with E-state index in [1.807, 2.05) is 19.9 Å². The molecule has 5 heteroatoms. The van der Waals surface area contributed by atoms with Crippen molar-refractivity contribution in [3.63, 3.8) is 0 Å². The summed E-state index contributed by atoms with van der Waals surface area (Å²) in [5, 5.41) is 0. The van der Waals surface area contributed by atoms with Crippen LogP contribution in [0.1, 0.15) is 28.3 Å². The number of hydrazine groups is 1. The third-order valence-corrected chi connectivity index (χ3v) is 3.61. The molecule has 0 bridgehead atoms. The highest BCUT2D eigenvalue weighted by atomic mass is 79.9. The molecule has 0 fully saturated rings. The normalized spacial score (nSPS) is 12.5. The number of aryl methyl sites for hydroxylation is 2. The van der Waals surface area contributed by atoms with E-state index >= 15 is 0 Å². The van der Waals surface area contributed by atoms with Crippen molar-refractivity contribution < 1.29 is 8.78 Å². The van der Waals surface area contributed by atoms with Gasteiger partial charge >= 0.3 is 0 Å². The van der Waals surface area contributed by atoms with Crippen LogP contribution in [-0.2, 0) is 0 Å². The summed E-state index contributed by atoms with van der Waals surface area (Å²) >= 11 is 3.23. The van der Waals surface area contributed by atoms with Gasteiger partial charge in [-0.05, 0) is 54.8 Å². The SMILES string of the molecule is Cc1cc(C)c(C(NN)c2cc(F)cc(Br)c2)c(F)c1. The minimum Gasteiger partial charge on any atom is -0.271 e. The summed E-state index contributed by atoms with van der Waals surface area (Å²) in [6.07, 6.45) is 0. The Morgan fingerprint density at radius 3 is 2.35 bits per heavy atom. The lowest BCUT2D eigenvalue weighted by Crippen LogP contribution is -2.30. The molecule has 0 aliphatic heterocycles. The van der Waals surface area contributed by atoms with Gasteiger partial charge in [0.25, 0.3) is 0 Å². The van der Waals surface area contributed by atoms with Crippen molar-refractivity contribution in [1.82, 2.24) is 5.43 Å². The zero-order valence-corrected chi connectivity index (χ0v) is 12.8. The largest absolute Gasteiger partial charge is 0.271 e. The van der Waals surface area contributed by atoms with Crippen LogP contribution in [0, 0.1) is 25.5 Å². The van der Waals surface area contributed by atoms with Gasteiger partial charge in [-0.3, -0.25) is 5.84 Å². The average molecular weight is 341 g/mol. The zero-order valence-electron chi connectivity index (χ0n) is 11.2. The van der Waals surface area contributed by atoms with Crippen molar-refractivity contribution in [1.29, 1.82) is 0 Å². The van der Waals surface area contributed by atoms with Crippen molar-refractivity contribution >= 4 is 15.9 Å². The fraction of sp³-hybridized carbons (Fsp3) is 0.200. The second-order valence-corrected chi connectivity index (χ2v) is 5.70. The second kappa shape index (κ2) is 5.99. The number of nitrogens with one attached hydrogen (secondary N) is 1. The minimum absolute atomic E-state index is 0.356. The average Bonchev–Trinajstić information content (AvgIpc) is 2.32. The first-order valence-electron chi connectivity index (χ1n) is 6.11. The first kappa shape index (κ1) is 15.1. The molecule has 0 aliphatic carbocycles. The number of nitrogens with two attached hydrogens (primary N) is 1. The molecule has 2 rings (SSSR count). The predicted octanol–water partition coefficient (Wildman–Crippen LogP) is 3.90. The Hall–Kier alpha value is -1.30. The maximum Gasteiger partial charge on any atom is 0.128 e. The second-order valence-electron chi connectivity index (χ2n) is 4.78. The van der Waals surface area contributed by atoms with Gasteiger partial charge in [0.1, 0.15) is 11.6 Å². The molecule has 0 radical (unpaired) electrons. The van der Waals surface area contributed by atoms with Crippen LogP contribution in [0.25, 0.3) is 0 Å². The Balaban J connectivity index is 2.58. The highest BCUT2D eigenvalue weighted by Crippen LogP contribution is 2.29. The third kappa shape index (κ3) is 3.06. The quantitative estimate of drug-likeness (QED) is 0.656. The molecule has 0 aliphatic rings. The summed E-state index contributed by atoms with van der Waals surface area (Å²) in [5.74, 6) is 4.80. The van der Waals surface area contributed by atoms with Gasteiger partial charge in [0, 0.05) is 10.0 Å². The van der Waals surface area contributed by atoms with Gasteiger partial charge in [-0.25, -0.2) is 14.2 Å². The van der Waals surface area contributed by atoms with Crippen LogP contribution in [0.15, 0.2) is 34.8 Å². The minimum atomic E-state index is -0.609. The molecule has 0 saturated heterocycles. The first-order chi connectivity index (χ1) is 9.42. The number of halogens is 3. The fourth-order valence-corrected chi connectivity index (χ4v) is 2.86. The summed E-state index contributed by atoms with van der Waals surface area (Å²) in [4.78, 5) is 0. The highest BCUT2D eigenvalue weighted by Gasteiger charge is 2.20. The van der Waals surface area contributed by atoms with Crippen LogP contribution >= 0.6 is 15.9 Å². The first-order valence-corrected chi connectivity index (χ1v) is 6.90. The van der Waals surface area contributed by atoms with Crippen molar-refractivity contribution in [3.8, 4) is 0 Å². The lowest BCUT2D eigenvalue weighted by molar-refractivity contribution is 0.551. The van der Waals surface area contributed by atoms with E-state index in [1.165, 1.54) is 18.2 Å².